The fraction of sp³-hybridized carbons (Fsp3) is 0.176. The fourth-order valence-corrected chi connectivity index (χ4v) is 3.86. The zero-order chi connectivity index (χ0) is 14.7. The fourth-order valence-electron chi connectivity index (χ4n) is 2.33. The number of para-hydroxylation sites is 1. The van der Waals surface area contributed by atoms with E-state index in [9.17, 15) is 4.39 Å². The number of hydrogen-bond donors (Lipinski definition) is 1. The van der Waals surface area contributed by atoms with Crippen molar-refractivity contribution >= 4 is 28.4 Å². The predicted octanol–water partition coefficient (Wildman–Crippen LogP) is 5.65. The summed E-state index contributed by atoms with van der Waals surface area (Å²) in [6.45, 7) is 1.93. The van der Waals surface area contributed by atoms with E-state index in [4.69, 9.17) is 0 Å². The number of hydrogen-bond acceptors (Lipinski definition) is 3. The number of anilines is 1. The molecule has 21 heavy (non-hydrogen) atoms. The zero-order valence-corrected chi connectivity index (χ0v) is 13.3. The van der Waals surface area contributed by atoms with Crippen LogP contribution in [-0.2, 0) is 6.42 Å². The van der Waals surface area contributed by atoms with Crippen molar-refractivity contribution in [3.63, 3.8) is 0 Å². The van der Waals surface area contributed by atoms with E-state index in [-0.39, 0.29) is 11.9 Å². The standard InChI is InChI=1S/C17H16FNS2/c1-12-5-2-7-14(18)17(12)19-15(16-8-4-10-21-16)11-13-6-3-9-20-13/h2-10,15,19H,11H2,1H3. The molecular formula is C17H16FNS2. The summed E-state index contributed by atoms with van der Waals surface area (Å²) in [4.78, 5) is 2.53. The topological polar surface area (TPSA) is 12.0 Å². The van der Waals surface area contributed by atoms with E-state index < -0.39 is 0 Å². The maximum absolute atomic E-state index is 14.1. The SMILES string of the molecule is Cc1cccc(F)c1NC(Cc1cccs1)c1cccs1. The second-order valence-corrected chi connectivity index (χ2v) is 6.94. The van der Waals surface area contributed by atoms with Gasteiger partial charge in [0.05, 0.1) is 11.7 Å². The molecule has 3 rings (SSSR count). The maximum atomic E-state index is 14.1. The largest absolute Gasteiger partial charge is 0.374 e. The molecular weight excluding hydrogens is 301 g/mol. The van der Waals surface area contributed by atoms with Crippen LogP contribution in [0.15, 0.2) is 53.2 Å². The van der Waals surface area contributed by atoms with Gasteiger partial charge in [-0.15, -0.1) is 22.7 Å². The maximum Gasteiger partial charge on any atom is 0.146 e. The van der Waals surface area contributed by atoms with Crippen LogP contribution < -0.4 is 5.32 Å². The molecule has 0 aliphatic rings. The molecule has 0 saturated carbocycles. The van der Waals surface area contributed by atoms with Crippen molar-refractivity contribution in [2.75, 3.05) is 5.32 Å². The van der Waals surface area contributed by atoms with Crippen molar-refractivity contribution in [3.8, 4) is 0 Å². The Balaban J connectivity index is 1.89. The Morgan fingerprint density at radius 2 is 1.86 bits per heavy atom. The normalized spacial score (nSPS) is 12.3. The number of thiophene rings is 2. The molecule has 0 spiro atoms. The first-order chi connectivity index (χ1) is 10.2. The molecule has 0 radical (unpaired) electrons. The lowest BCUT2D eigenvalue weighted by molar-refractivity contribution is 0.624. The van der Waals surface area contributed by atoms with Crippen molar-refractivity contribution in [2.45, 2.75) is 19.4 Å². The van der Waals surface area contributed by atoms with Crippen molar-refractivity contribution in [1.29, 1.82) is 0 Å². The van der Waals surface area contributed by atoms with Crippen molar-refractivity contribution in [1.82, 2.24) is 0 Å². The first-order valence-corrected chi connectivity index (χ1v) is 8.57. The number of aryl methyl sites for hydroxylation is 1. The quantitative estimate of drug-likeness (QED) is 0.641. The Hall–Kier alpha value is -1.65. The van der Waals surface area contributed by atoms with E-state index in [0.29, 0.717) is 5.69 Å². The Morgan fingerprint density at radius 1 is 1.05 bits per heavy atom. The number of halogens is 1. The highest BCUT2D eigenvalue weighted by molar-refractivity contribution is 7.10. The van der Waals surface area contributed by atoms with E-state index >= 15 is 0 Å². The Labute approximate surface area is 132 Å². The van der Waals surface area contributed by atoms with Crippen LogP contribution in [0.25, 0.3) is 0 Å². The first-order valence-electron chi connectivity index (χ1n) is 6.81. The van der Waals surface area contributed by atoms with Crippen LogP contribution in [0.4, 0.5) is 10.1 Å². The average molecular weight is 317 g/mol. The Morgan fingerprint density at radius 3 is 2.52 bits per heavy atom. The summed E-state index contributed by atoms with van der Waals surface area (Å²) in [5.41, 5.74) is 1.54. The van der Waals surface area contributed by atoms with Gasteiger partial charge < -0.3 is 5.32 Å². The van der Waals surface area contributed by atoms with Gasteiger partial charge in [-0.25, -0.2) is 4.39 Å². The second kappa shape index (κ2) is 6.41. The lowest BCUT2D eigenvalue weighted by Crippen LogP contribution is -2.13. The van der Waals surface area contributed by atoms with Crippen LogP contribution in [0.3, 0.4) is 0 Å². The van der Waals surface area contributed by atoms with Gasteiger partial charge in [-0.1, -0.05) is 24.3 Å². The van der Waals surface area contributed by atoms with Crippen molar-refractivity contribution in [3.05, 3.63) is 74.4 Å². The summed E-state index contributed by atoms with van der Waals surface area (Å²) < 4.78 is 14.1. The van der Waals surface area contributed by atoms with Gasteiger partial charge in [0, 0.05) is 16.2 Å². The molecule has 2 heterocycles. The monoisotopic (exact) mass is 317 g/mol. The molecule has 1 nitrogen and oxygen atoms in total. The van der Waals surface area contributed by atoms with Crippen LogP contribution in [-0.4, -0.2) is 0 Å². The molecule has 0 saturated heterocycles. The van der Waals surface area contributed by atoms with Gasteiger partial charge >= 0.3 is 0 Å². The molecule has 2 aromatic heterocycles. The molecule has 1 unspecified atom stereocenters. The van der Waals surface area contributed by atoms with Crippen molar-refractivity contribution in [2.24, 2.45) is 0 Å². The molecule has 0 fully saturated rings. The van der Waals surface area contributed by atoms with Gasteiger partial charge in [-0.05, 0) is 41.4 Å². The van der Waals surface area contributed by atoms with E-state index in [1.165, 1.54) is 15.8 Å². The minimum absolute atomic E-state index is 0.0965. The van der Waals surface area contributed by atoms with Crippen LogP contribution >= 0.6 is 22.7 Å². The van der Waals surface area contributed by atoms with Crippen LogP contribution in [0.2, 0.25) is 0 Å². The summed E-state index contributed by atoms with van der Waals surface area (Å²) in [5.74, 6) is -0.192. The highest BCUT2D eigenvalue weighted by Gasteiger charge is 2.17. The molecule has 0 amide bonds. The van der Waals surface area contributed by atoms with Gasteiger partial charge in [0.1, 0.15) is 5.82 Å². The summed E-state index contributed by atoms with van der Waals surface area (Å²) in [7, 11) is 0. The van der Waals surface area contributed by atoms with Gasteiger partial charge in [-0.3, -0.25) is 0 Å². The van der Waals surface area contributed by atoms with Gasteiger partial charge in [0.2, 0.25) is 0 Å². The highest BCUT2D eigenvalue weighted by atomic mass is 32.1. The third kappa shape index (κ3) is 3.34. The summed E-state index contributed by atoms with van der Waals surface area (Å²) >= 11 is 3.44. The first kappa shape index (κ1) is 14.3. The molecule has 4 heteroatoms. The lowest BCUT2D eigenvalue weighted by atomic mass is 10.1. The third-order valence-corrected chi connectivity index (χ3v) is 5.30. The van der Waals surface area contributed by atoms with Crippen LogP contribution in [0.1, 0.15) is 21.4 Å². The van der Waals surface area contributed by atoms with Crippen molar-refractivity contribution < 1.29 is 4.39 Å². The van der Waals surface area contributed by atoms with E-state index in [0.717, 1.165) is 12.0 Å². The highest BCUT2D eigenvalue weighted by Crippen LogP contribution is 2.30. The molecule has 0 bridgehead atoms. The molecule has 0 aliphatic heterocycles. The molecule has 0 aliphatic carbocycles. The van der Waals surface area contributed by atoms with Gasteiger partial charge in [0.25, 0.3) is 0 Å². The zero-order valence-electron chi connectivity index (χ0n) is 11.7. The summed E-state index contributed by atoms with van der Waals surface area (Å²) in [6, 6.07) is 13.6. The van der Waals surface area contributed by atoms with E-state index in [2.05, 4.69) is 34.3 Å². The van der Waals surface area contributed by atoms with Gasteiger partial charge in [0.15, 0.2) is 0 Å². The predicted molar refractivity (Wildman–Crippen MR) is 89.8 cm³/mol. The molecule has 108 valence electrons. The Bertz CT molecular complexity index is 669. The van der Waals surface area contributed by atoms with Crippen LogP contribution in [0, 0.1) is 12.7 Å². The van der Waals surface area contributed by atoms with E-state index in [1.54, 1.807) is 28.7 Å². The van der Waals surface area contributed by atoms with Crippen LogP contribution in [0.5, 0.6) is 0 Å². The molecule has 3 aromatic rings. The number of benzene rings is 1. The molecule has 1 N–H and O–H groups in total. The minimum atomic E-state index is -0.192. The van der Waals surface area contributed by atoms with Gasteiger partial charge in [-0.2, -0.15) is 0 Å². The smallest absolute Gasteiger partial charge is 0.146 e. The van der Waals surface area contributed by atoms with E-state index in [1.807, 2.05) is 19.1 Å². The average Bonchev–Trinajstić information content (AvgIpc) is 3.14. The third-order valence-electron chi connectivity index (χ3n) is 3.41. The second-order valence-electron chi connectivity index (χ2n) is 4.93. The molecule has 1 atom stereocenters. The number of nitrogens with one attached hydrogen (secondary N) is 1. The lowest BCUT2D eigenvalue weighted by Gasteiger charge is -2.20. The summed E-state index contributed by atoms with van der Waals surface area (Å²) in [6.07, 6.45) is 0.867. The minimum Gasteiger partial charge on any atom is -0.374 e. The Kier molecular flexibility index (Phi) is 4.36. The number of rotatable bonds is 5. The summed E-state index contributed by atoms with van der Waals surface area (Å²) in [5, 5.41) is 7.54. The molecule has 1 aromatic carbocycles.